The summed E-state index contributed by atoms with van der Waals surface area (Å²) in [5.74, 6) is 2.09. The van der Waals surface area contributed by atoms with Crippen LogP contribution < -0.4 is 5.32 Å². The first-order valence-electron chi connectivity index (χ1n) is 6.58. The number of halogens is 1. The van der Waals surface area contributed by atoms with E-state index in [4.69, 9.17) is 9.26 Å². The van der Waals surface area contributed by atoms with Gasteiger partial charge in [-0.3, -0.25) is 0 Å². The highest BCUT2D eigenvalue weighted by Gasteiger charge is 2.25. The standard InChI is InChI=1S/C12H19N3O2.ClH/c1-2-4-9(5-3-1)11-14-12(17-15-11)10-8-16-7-6-13-10;/h9-10,13H,1-8H2;1H. The summed E-state index contributed by atoms with van der Waals surface area (Å²) < 4.78 is 10.8. The van der Waals surface area contributed by atoms with Gasteiger partial charge in [0.1, 0.15) is 6.04 Å². The Morgan fingerprint density at radius 1 is 1.17 bits per heavy atom. The number of hydrogen-bond donors (Lipinski definition) is 1. The first kappa shape index (κ1) is 13.8. The van der Waals surface area contributed by atoms with Crippen LogP contribution in [0.25, 0.3) is 0 Å². The molecule has 1 unspecified atom stereocenters. The molecule has 1 saturated carbocycles. The lowest BCUT2D eigenvalue weighted by Crippen LogP contribution is -2.34. The number of nitrogens with one attached hydrogen (secondary N) is 1. The van der Waals surface area contributed by atoms with Crippen molar-refractivity contribution >= 4 is 12.4 Å². The first-order valence-corrected chi connectivity index (χ1v) is 6.58. The van der Waals surface area contributed by atoms with Crippen molar-refractivity contribution < 1.29 is 9.26 Å². The van der Waals surface area contributed by atoms with Crippen LogP contribution in [0.5, 0.6) is 0 Å². The monoisotopic (exact) mass is 273 g/mol. The molecule has 1 N–H and O–H groups in total. The Bertz CT molecular complexity index is 327. The van der Waals surface area contributed by atoms with Gasteiger partial charge >= 0.3 is 0 Å². The largest absolute Gasteiger partial charge is 0.378 e. The Morgan fingerprint density at radius 3 is 2.72 bits per heavy atom. The van der Waals surface area contributed by atoms with Crippen molar-refractivity contribution in [1.82, 2.24) is 15.5 Å². The van der Waals surface area contributed by atoms with Gasteiger partial charge in [-0.15, -0.1) is 12.4 Å². The van der Waals surface area contributed by atoms with Crippen molar-refractivity contribution in [3.8, 4) is 0 Å². The third kappa shape index (κ3) is 3.02. The summed E-state index contributed by atoms with van der Waals surface area (Å²) in [4.78, 5) is 4.54. The van der Waals surface area contributed by atoms with Gasteiger partial charge in [-0.1, -0.05) is 24.4 Å². The summed E-state index contributed by atoms with van der Waals surface area (Å²) >= 11 is 0. The normalized spacial score (nSPS) is 25.7. The second-order valence-electron chi connectivity index (χ2n) is 4.91. The molecule has 0 amide bonds. The average molecular weight is 274 g/mol. The van der Waals surface area contributed by atoms with Crippen molar-refractivity contribution in [1.29, 1.82) is 0 Å². The van der Waals surface area contributed by atoms with E-state index in [0.717, 1.165) is 19.0 Å². The lowest BCUT2D eigenvalue weighted by Gasteiger charge is -2.20. The van der Waals surface area contributed by atoms with E-state index in [1.165, 1.54) is 32.1 Å². The predicted molar refractivity (Wildman–Crippen MR) is 68.9 cm³/mol. The molecule has 5 nitrogen and oxygen atoms in total. The van der Waals surface area contributed by atoms with Gasteiger partial charge in [0.2, 0.25) is 5.89 Å². The van der Waals surface area contributed by atoms with E-state index in [1.807, 2.05) is 0 Å². The van der Waals surface area contributed by atoms with E-state index in [-0.39, 0.29) is 18.4 Å². The second kappa shape index (κ2) is 6.50. The highest BCUT2D eigenvalue weighted by molar-refractivity contribution is 5.85. The second-order valence-corrected chi connectivity index (χ2v) is 4.91. The predicted octanol–water partition coefficient (Wildman–Crippen LogP) is 2.20. The number of morpholine rings is 1. The molecule has 2 fully saturated rings. The molecule has 0 radical (unpaired) electrons. The van der Waals surface area contributed by atoms with Crippen molar-refractivity contribution in [3.63, 3.8) is 0 Å². The maximum Gasteiger partial charge on any atom is 0.246 e. The molecule has 18 heavy (non-hydrogen) atoms. The molecule has 6 heteroatoms. The Balaban J connectivity index is 0.00000120. The number of rotatable bonds is 2. The van der Waals surface area contributed by atoms with E-state index in [0.29, 0.717) is 18.4 Å². The topological polar surface area (TPSA) is 60.2 Å². The number of nitrogens with zero attached hydrogens (tertiary/aromatic N) is 2. The molecule has 0 bridgehead atoms. The van der Waals surface area contributed by atoms with E-state index >= 15 is 0 Å². The highest BCUT2D eigenvalue weighted by atomic mass is 35.5. The fourth-order valence-corrected chi connectivity index (χ4v) is 2.64. The zero-order valence-electron chi connectivity index (χ0n) is 10.4. The van der Waals surface area contributed by atoms with Crippen LogP contribution in [0.15, 0.2) is 4.52 Å². The van der Waals surface area contributed by atoms with Crippen LogP contribution in [0.3, 0.4) is 0 Å². The van der Waals surface area contributed by atoms with Crippen LogP contribution in [-0.4, -0.2) is 29.9 Å². The summed E-state index contributed by atoms with van der Waals surface area (Å²) in [5, 5.41) is 7.46. The fourth-order valence-electron chi connectivity index (χ4n) is 2.64. The maximum absolute atomic E-state index is 5.40. The van der Waals surface area contributed by atoms with Gasteiger partial charge in [-0.2, -0.15) is 4.98 Å². The summed E-state index contributed by atoms with van der Waals surface area (Å²) in [7, 11) is 0. The summed E-state index contributed by atoms with van der Waals surface area (Å²) in [6.45, 7) is 2.25. The molecule has 0 spiro atoms. The molecule has 2 aliphatic rings. The van der Waals surface area contributed by atoms with Gasteiger partial charge in [0.15, 0.2) is 5.82 Å². The summed E-state index contributed by atoms with van der Waals surface area (Å²) in [6.07, 6.45) is 6.33. The van der Waals surface area contributed by atoms with Crippen LogP contribution >= 0.6 is 12.4 Å². The highest BCUT2D eigenvalue weighted by Crippen LogP contribution is 2.31. The number of ether oxygens (including phenoxy) is 1. The number of aromatic nitrogens is 2. The number of hydrogen-bond acceptors (Lipinski definition) is 5. The lowest BCUT2D eigenvalue weighted by molar-refractivity contribution is 0.0659. The molecule has 102 valence electrons. The summed E-state index contributed by atoms with van der Waals surface area (Å²) in [6, 6.07) is 0.0774. The first-order chi connectivity index (χ1) is 8.43. The van der Waals surface area contributed by atoms with E-state index in [9.17, 15) is 0 Å². The zero-order valence-corrected chi connectivity index (χ0v) is 11.2. The minimum atomic E-state index is 0. The van der Waals surface area contributed by atoms with Crippen molar-refractivity contribution in [2.45, 2.75) is 44.1 Å². The van der Waals surface area contributed by atoms with Gasteiger partial charge in [-0.25, -0.2) is 0 Å². The Labute approximate surface area is 113 Å². The van der Waals surface area contributed by atoms with Crippen LogP contribution in [0.2, 0.25) is 0 Å². The lowest BCUT2D eigenvalue weighted by atomic mass is 9.89. The molecule has 2 heterocycles. The molecule has 1 aromatic rings. The third-order valence-electron chi connectivity index (χ3n) is 3.65. The summed E-state index contributed by atoms with van der Waals surface area (Å²) in [5.41, 5.74) is 0. The molecule has 3 rings (SSSR count). The third-order valence-corrected chi connectivity index (χ3v) is 3.65. The molecular weight excluding hydrogens is 254 g/mol. The van der Waals surface area contributed by atoms with Gasteiger partial charge in [-0.05, 0) is 12.8 Å². The van der Waals surface area contributed by atoms with E-state index in [1.54, 1.807) is 0 Å². The van der Waals surface area contributed by atoms with E-state index < -0.39 is 0 Å². The van der Waals surface area contributed by atoms with Gasteiger partial charge in [0, 0.05) is 12.5 Å². The fraction of sp³-hybridized carbons (Fsp3) is 0.833. The van der Waals surface area contributed by atoms with Crippen molar-refractivity contribution in [3.05, 3.63) is 11.7 Å². The van der Waals surface area contributed by atoms with Gasteiger partial charge in [0.05, 0.1) is 13.2 Å². The van der Waals surface area contributed by atoms with Gasteiger partial charge in [0.25, 0.3) is 0 Å². The molecule has 1 saturated heterocycles. The molecule has 1 aromatic heterocycles. The minimum Gasteiger partial charge on any atom is -0.378 e. The minimum absolute atomic E-state index is 0. The molecule has 1 aliphatic heterocycles. The van der Waals surface area contributed by atoms with Gasteiger partial charge < -0.3 is 14.6 Å². The molecule has 1 aliphatic carbocycles. The SMILES string of the molecule is C1CCC(c2noc(C3COCCN3)n2)CC1.Cl. The zero-order chi connectivity index (χ0) is 11.5. The van der Waals surface area contributed by atoms with E-state index in [2.05, 4.69) is 15.5 Å². The van der Waals surface area contributed by atoms with Crippen LogP contribution in [-0.2, 0) is 4.74 Å². The quantitative estimate of drug-likeness (QED) is 0.895. The van der Waals surface area contributed by atoms with Crippen molar-refractivity contribution in [2.24, 2.45) is 0 Å². The molecule has 0 aromatic carbocycles. The Kier molecular flexibility index (Phi) is 4.97. The molecule has 1 atom stereocenters. The molecular formula is C12H20ClN3O2. The van der Waals surface area contributed by atoms with Crippen LogP contribution in [0, 0.1) is 0 Å². The van der Waals surface area contributed by atoms with Crippen LogP contribution in [0.1, 0.15) is 55.8 Å². The van der Waals surface area contributed by atoms with Crippen molar-refractivity contribution in [2.75, 3.05) is 19.8 Å². The maximum atomic E-state index is 5.40. The average Bonchev–Trinajstić information content (AvgIpc) is 2.90. The Morgan fingerprint density at radius 2 is 2.00 bits per heavy atom. The smallest absolute Gasteiger partial charge is 0.246 e. The Hall–Kier alpha value is -0.650. The van der Waals surface area contributed by atoms with Crippen LogP contribution in [0.4, 0.5) is 0 Å².